The third-order valence-electron chi connectivity index (χ3n) is 4.90. The number of carbonyl (C=O) groups is 2. The summed E-state index contributed by atoms with van der Waals surface area (Å²) in [7, 11) is 0. The van der Waals surface area contributed by atoms with Crippen LogP contribution in [-0.2, 0) is 9.53 Å². The molecule has 0 aromatic carbocycles. The second-order valence-electron chi connectivity index (χ2n) is 6.75. The van der Waals surface area contributed by atoms with Crippen molar-refractivity contribution in [2.45, 2.75) is 38.8 Å². The molecule has 2 aromatic heterocycles. The molecule has 2 aromatic rings. The topological polar surface area (TPSA) is 79.7 Å². The van der Waals surface area contributed by atoms with Gasteiger partial charge in [-0.2, -0.15) is 0 Å². The quantitative estimate of drug-likeness (QED) is 0.771. The maximum atomic E-state index is 13.3. The molecule has 1 saturated heterocycles. The Kier molecular flexibility index (Phi) is 4.88. The monoisotopic (exact) mass is 404 g/mol. The van der Waals surface area contributed by atoms with Crippen LogP contribution in [0.4, 0.5) is 0 Å². The summed E-state index contributed by atoms with van der Waals surface area (Å²) in [4.78, 5) is 33.3. The van der Waals surface area contributed by atoms with E-state index in [0.29, 0.717) is 23.7 Å². The number of aliphatic hydroxyl groups excluding tert-OH is 1. The highest BCUT2D eigenvalue weighted by atomic mass is 32.1. The van der Waals surface area contributed by atoms with Gasteiger partial charge in [-0.3, -0.25) is 9.59 Å². The van der Waals surface area contributed by atoms with Crippen molar-refractivity contribution in [3.8, 4) is 0 Å². The summed E-state index contributed by atoms with van der Waals surface area (Å²) in [6, 6.07) is 3.19. The fourth-order valence-corrected chi connectivity index (χ4v) is 5.41. The number of aryl methyl sites for hydroxylation is 2. The third kappa shape index (κ3) is 3.22. The summed E-state index contributed by atoms with van der Waals surface area (Å²) >= 11 is 2.76. The highest BCUT2D eigenvalue weighted by Crippen LogP contribution is 2.42. The van der Waals surface area contributed by atoms with Crippen LogP contribution in [0.15, 0.2) is 28.8 Å². The first kappa shape index (κ1) is 18.3. The number of amides is 1. The number of Topliss-reactive ketones (excluding diaryl/α,β-unsaturated/α-hetero) is 1. The molecule has 2 aliphatic rings. The first-order chi connectivity index (χ1) is 13.0. The van der Waals surface area contributed by atoms with E-state index in [2.05, 4.69) is 4.98 Å². The maximum Gasteiger partial charge on any atom is 0.290 e. The van der Waals surface area contributed by atoms with Crippen molar-refractivity contribution < 1.29 is 19.4 Å². The number of thiophene rings is 1. The molecule has 0 spiro atoms. The van der Waals surface area contributed by atoms with Gasteiger partial charge in [-0.25, -0.2) is 4.98 Å². The molecule has 0 radical (unpaired) electrons. The minimum absolute atomic E-state index is 0.0638. The van der Waals surface area contributed by atoms with Crippen LogP contribution in [0, 0.1) is 13.8 Å². The molecule has 2 aliphatic heterocycles. The molecular formula is C19H20N2O4S2. The largest absolute Gasteiger partial charge is 0.503 e. The Morgan fingerprint density at radius 1 is 1.44 bits per heavy atom. The smallest absolute Gasteiger partial charge is 0.290 e. The molecule has 0 bridgehead atoms. The number of hydrogen-bond acceptors (Lipinski definition) is 7. The van der Waals surface area contributed by atoms with Gasteiger partial charge in [0.15, 0.2) is 5.76 Å². The van der Waals surface area contributed by atoms with Crippen LogP contribution in [-0.4, -0.2) is 45.9 Å². The van der Waals surface area contributed by atoms with E-state index < -0.39 is 17.7 Å². The molecule has 4 rings (SSSR count). The van der Waals surface area contributed by atoms with Gasteiger partial charge < -0.3 is 14.7 Å². The zero-order valence-electron chi connectivity index (χ0n) is 15.1. The molecule has 142 valence electrons. The first-order valence-corrected chi connectivity index (χ1v) is 10.5. The third-order valence-corrected chi connectivity index (χ3v) is 6.89. The van der Waals surface area contributed by atoms with Gasteiger partial charge in [-0.15, -0.1) is 22.7 Å². The molecule has 4 heterocycles. The average Bonchev–Trinajstić information content (AvgIpc) is 3.40. The SMILES string of the molecule is Cc1nc(C)c(C(=O)C2=C(O)C(=O)N(CC3CCCO3)C2c2cccs2)s1. The number of aliphatic hydroxyl groups is 1. The van der Waals surface area contributed by atoms with E-state index in [0.717, 1.165) is 22.7 Å². The number of thiazole rings is 1. The molecule has 1 fully saturated rings. The minimum Gasteiger partial charge on any atom is -0.503 e. The van der Waals surface area contributed by atoms with Gasteiger partial charge in [0.1, 0.15) is 0 Å². The second-order valence-corrected chi connectivity index (χ2v) is 8.93. The van der Waals surface area contributed by atoms with Crippen LogP contribution in [0.2, 0.25) is 0 Å². The van der Waals surface area contributed by atoms with E-state index in [-0.39, 0.29) is 17.5 Å². The van der Waals surface area contributed by atoms with E-state index in [1.54, 1.807) is 11.8 Å². The van der Waals surface area contributed by atoms with Crippen LogP contribution in [0.5, 0.6) is 0 Å². The van der Waals surface area contributed by atoms with E-state index in [4.69, 9.17) is 4.74 Å². The molecule has 0 saturated carbocycles. The van der Waals surface area contributed by atoms with Gasteiger partial charge in [0.2, 0.25) is 5.78 Å². The van der Waals surface area contributed by atoms with E-state index in [1.165, 1.54) is 22.7 Å². The zero-order valence-corrected chi connectivity index (χ0v) is 16.7. The number of ether oxygens (including phenoxy) is 1. The summed E-state index contributed by atoms with van der Waals surface area (Å²) in [5, 5.41) is 13.3. The van der Waals surface area contributed by atoms with E-state index >= 15 is 0 Å². The Morgan fingerprint density at radius 3 is 2.85 bits per heavy atom. The molecule has 6 nitrogen and oxygen atoms in total. The predicted octanol–water partition coefficient (Wildman–Crippen LogP) is 3.58. The second kappa shape index (κ2) is 7.18. The standard InChI is InChI=1S/C19H20N2O4S2/c1-10-18(27-11(2)20-10)16(22)14-15(13-6-4-8-26-13)21(19(24)17(14)23)9-12-5-3-7-25-12/h4,6,8,12,15,23H,3,5,7,9H2,1-2H3. The normalized spacial score (nSPS) is 22.9. The van der Waals surface area contributed by atoms with Crippen molar-refractivity contribution >= 4 is 34.4 Å². The lowest BCUT2D eigenvalue weighted by Crippen LogP contribution is -2.37. The van der Waals surface area contributed by atoms with Crippen LogP contribution < -0.4 is 0 Å². The van der Waals surface area contributed by atoms with Crippen LogP contribution in [0.1, 0.15) is 44.1 Å². The van der Waals surface area contributed by atoms with Crippen LogP contribution in [0.3, 0.4) is 0 Å². The summed E-state index contributed by atoms with van der Waals surface area (Å²) in [5.41, 5.74) is 0.768. The Morgan fingerprint density at radius 2 is 2.26 bits per heavy atom. The van der Waals surface area contributed by atoms with Gasteiger partial charge in [0.05, 0.1) is 33.3 Å². The van der Waals surface area contributed by atoms with Crippen LogP contribution in [0.25, 0.3) is 0 Å². The van der Waals surface area contributed by atoms with Crippen molar-refractivity contribution in [1.82, 2.24) is 9.88 Å². The molecule has 27 heavy (non-hydrogen) atoms. The van der Waals surface area contributed by atoms with Crippen molar-refractivity contribution in [2.24, 2.45) is 0 Å². The zero-order chi connectivity index (χ0) is 19.1. The Balaban J connectivity index is 1.74. The fraction of sp³-hybridized carbons (Fsp3) is 0.421. The van der Waals surface area contributed by atoms with Gasteiger partial charge in [-0.1, -0.05) is 6.07 Å². The lowest BCUT2D eigenvalue weighted by molar-refractivity contribution is -0.130. The first-order valence-electron chi connectivity index (χ1n) is 8.85. The van der Waals surface area contributed by atoms with E-state index in [9.17, 15) is 14.7 Å². The van der Waals surface area contributed by atoms with Gasteiger partial charge >= 0.3 is 0 Å². The number of carbonyl (C=O) groups excluding carboxylic acids is 2. The Labute approximate surface area is 165 Å². The van der Waals surface area contributed by atoms with Crippen molar-refractivity contribution in [1.29, 1.82) is 0 Å². The predicted molar refractivity (Wildman–Crippen MR) is 103 cm³/mol. The number of aromatic nitrogens is 1. The number of ketones is 1. The highest BCUT2D eigenvalue weighted by Gasteiger charge is 2.45. The number of hydrogen-bond donors (Lipinski definition) is 1. The van der Waals surface area contributed by atoms with E-state index in [1.807, 2.05) is 24.4 Å². The molecule has 1 N–H and O–H groups in total. The average molecular weight is 405 g/mol. The summed E-state index contributed by atoms with van der Waals surface area (Å²) in [5.74, 6) is -1.29. The lowest BCUT2D eigenvalue weighted by Gasteiger charge is -2.27. The fourth-order valence-electron chi connectivity index (χ4n) is 3.69. The minimum atomic E-state index is -0.587. The van der Waals surface area contributed by atoms with Gasteiger partial charge in [0, 0.05) is 18.0 Å². The van der Waals surface area contributed by atoms with Gasteiger partial charge in [0.25, 0.3) is 5.91 Å². The van der Waals surface area contributed by atoms with Crippen molar-refractivity contribution in [3.05, 3.63) is 49.3 Å². The number of rotatable bonds is 5. The maximum absolute atomic E-state index is 13.3. The molecule has 8 heteroatoms. The molecule has 2 atom stereocenters. The summed E-state index contributed by atoms with van der Waals surface area (Å²) < 4.78 is 5.68. The van der Waals surface area contributed by atoms with Crippen molar-refractivity contribution in [2.75, 3.05) is 13.2 Å². The Bertz CT molecular complexity index is 910. The molecular weight excluding hydrogens is 384 g/mol. The van der Waals surface area contributed by atoms with Gasteiger partial charge in [-0.05, 0) is 38.1 Å². The van der Waals surface area contributed by atoms with Crippen molar-refractivity contribution in [3.63, 3.8) is 0 Å². The highest BCUT2D eigenvalue weighted by molar-refractivity contribution is 7.14. The molecule has 1 amide bonds. The lowest BCUT2D eigenvalue weighted by atomic mass is 10.00. The summed E-state index contributed by atoms with van der Waals surface area (Å²) in [6.07, 6.45) is 1.77. The molecule has 2 unspecified atom stereocenters. The number of nitrogens with zero attached hydrogens (tertiary/aromatic N) is 2. The summed E-state index contributed by atoms with van der Waals surface area (Å²) in [6.45, 7) is 4.65. The molecule has 0 aliphatic carbocycles. The van der Waals surface area contributed by atoms with Crippen LogP contribution >= 0.6 is 22.7 Å². The Hall–Kier alpha value is -2.03.